The molecule has 144 valence electrons. The summed E-state index contributed by atoms with van der Waals surface area (Å²) in [4.78, 5) is 28.2. The largest absolute Gasteiger partial charge is 0.325 e. The minimum absolute atomic E-state index is 0.130. The molecule has 0 aliphatic rings. The molecule has 0 spiro atoms. The number of nitrogens with one attached hydrogen (secondary N) is 2. The third-order valence-corrected chi connectivity index (χ3v) is 4.87. The van der Waals surface area contributed by atoms with Crippen LogP contribution < -0.4 is 10.6 Å². The Morgan fingerprint density at radius 1 is 1.07 bits per heavy atom. The van der Waals surface area contributed by atoms with Crippen LogP contribution in [-0.4, -0.2) is 38.1 Å². The first-order valence-corrected chi connectivity index (χ1v) is 9.93. The van der Waals surface area contributed by atoms with Gasteiger partial charge in [-0.25, -0.2) is 9.67 Å². The van der Waals surface area contributed by atoms with Crippen molar-refractivity contribution in [3.05, 3.63) is 65.7 Å². The molecule has 0 saturated carbocycles. The molecule has 0 unspecified atom stereocenters. The van der Waals surface area contributed by atoms with E-state index in [2.05, 4.69) is 20.7 Å². The number of carbonyl (C=O) groups is 2. The average molecular weight is 416 g/mol. The Labute approximate surface area is 171 Å². The van der Waals surface area contributed by atoms with Crippen molar-refractivity contribution in [3.63, 3.8) is 0 Å². The summed E-state index contributed by atoms with van der Waals surface area (Å²) in [6.07, 6.45) is 2.94. The summed E-state index contributed by atoms with van der Waals surface area (Å²) in [6.45, 7) is 1.98. The summed E-state index contributed by atoms with van der Waals surface area (Å²) >= 11 is 7.27. The minimum atomic E-state index is -0.239. The molecule has 0 saturated heterocycles. The zero-order valence-corrected chi connectivity index (χ0v) is 16.6. The topological polar surface area (TPSA) is 88.9 Å². The molecule has 28 heavy (non-hydrogen) atoms. The van der Waals surface area contributed by atoms with Crippen LogP contribution in [0.4, 0.5) is 11.4 Å². The average Bonchev–Trinajstić information content (AvgIpc) is 3.18. The van der Waals surface area contributed by atoms with Gasteiger partial charge in [0, 0.05) is 10.7 Å². The lowest BCUT2D eigenvalue weighted by molar-refractivity contribution is -0.114. The minimum Gasteiger partial charge on any atom is -0.325 e. The predicted octanol–water partition coefficient (Wildman–Crippen LogP) is 3.54. The third-order valence-electron chi connectivity index (χ3n) is 3.70. The molecule has 0 aliphatic carbocycles. The van der Waals surface area contributed by atoms with Gasteiger partial charge in [0.1, 0.15) is 12.7 Å². The Bertz CT molecular complexity index is 961. The predicted molar refractivity (Wildman–Crippen MR) is 112 cm³/mol. The zero-order valence-electron chi connectivity index (χ0n) is 15.1. The number of nitrogens with zero attached hydrogens (tertiary/aromatic N) is 3. The van der Waals surface area contributed by atoms with Crippen LogP contribution in [0.2, 0.25) is 5.02 Å². The molecule has 0 aliphatic heterocycles. The van der Waals surface area contributed by atoms with Crippen molar-refractivity contribution in [2.45, 2.75) is 6.92 Å². The fourth-order valence-electron chi connectivity index (χ4n) is 2.40. The maximum atomic E-state index is 12.3. The van der Waals surface area contributed by atoms with Gasteiger partial charge in [-0.3, -0.25) is 9.59 Å². The molecule has 9 heteroatoms. The summed E-state index contributed by atoms with van der Waals surface area (Å²) in [6, 6.07) is 12.6. The lowest BCUT2D eigenvalue weighted by Crippen LogP contribution is -2.19. The van der Waals surface area contributed by atoms with E-state index in [9.17, 15) is 9.59 Å². The number of amides is 2. The lowest BCUT2D eigenvalue weighted by Gasteiger charge is -2.11. The number of aryl methyl sites for hydroxylation is 1. The molecule has 0 fully saturated rings. The van der Waals surface area contributed by atoms with Gasteiger partial charge in [-0.1, -0.05) is 29.3 Å². The van der Waals surface area contributed by atoms with Gasteiger partial charge in [-0.2, -0.15) is 5.10 Å². The Hall–Kier alpha value is -2.84. The van der Waals surface area contributed by atoms with E-state index in [1.165, 1.54) is 29.1 Å². The molecule has 3 rings (SSSR count). The second kappa shape index (κ2) is 9.38. The molecule has 0 atom stereocenters. The molecule has 7 nitrogen and oxygen atoms in total. The van der Waals surface area contributed by atoms with Crippen LogP contribution in [0.5, 0.6) is 0 Å². The van der Waals surface area contributed by atoms with Crippen molar-refractivity contribution in [1.29, 1.82) is 0 Å². The van der Waals surface area contributed by atoms with E-state index < -0.39 is 0 Å². The second-order valence-electron chi connectivity index (χ2n) is 5.96. The fourth-order valence-corrected chi connectivity index (χ4v) is 3.19. The van der Waals surface area contributed by atoms with Crippen LogP contribution in [0, 0.1) is 6.92 Å². The number of halogens is 1. The fraction of sp³-hybridized carbons (Fsp3) is 0.158. The molecule has 1 aromatic heterocycles. The van der Waals surface area contributed by atoms with E-state index in [0.717, 1.165) is 11.3 Å². The molecule has 2 N–H and O–H groups in total. The lowest BCUT2D eigenvalue weighted by atomic mass is 10.2. The van der Waals surface area contributed by atoms with Crippen molar-refractivity contribution in [1.82, 2.24) is 14.8 Å². The van der Waals surface area contributed by atoms with Crippen molar-refractivity contribution in [2.75, 3.05) is 22.1 Å². The first-order chi connectivity index (χ1) is 13.5. The molecule has 2 amide bonds. The summed E-state index contributed by atoms with van der Waals surface area (Å²) in [5.74, 6) is -0.0956. The SMILES string of the molecule is Cc1ccc(NC(=O)CSCC(=O)Nc2cc(Cl)ccc2-n2cncn2)cc1. The zero-order chi connectivity index (χ0) is 19.9. The Balaban J connectivity index is 1.51. The number of hydrogen-bond acceptors (Lipinski definition) is 5. The van der Waals surface area contributed by atoms with Crippen LogP contribution >= 0.6 is 23.4 Å². The highest BCUT2D eigenvalue weighted by Crippen LogP contribution is 2.24. The second-order valence-corrected chi connectivity index (χ2v) is 7.38. The molecule has 3 aromatic rings. The highest BCUT2D eigenvalue weighted by Gasteiger charge is 2.11. The van der Waals surface area contributed by atoms with Crippen LogP contribution in [0.3, 0.4) is 0 Å². The molecule has 1 heterocycles. The van der Waals surface area contributed by atoms with Gasteiger partial charge in [-0.05, 0) is 37.3 Å². The van der Waals surface area contributed by atoms with Crippen LogP contribution in [-0.2, 0) is 9.59 Å². The third kappa shape index (κ3) is 5.58. The van der Waals surface area contributed by atoms with Crippen molar-refractivity contribution in [3.8, 4) is 5.69 Å². The first-order valence-electron chi connectivity index (χ1n) is 8.40. The maximum absolute atomic E-state index is 12.3. The van der Waals surface area contributed by atoms with Crippen molar-refractivity contribution < 1.29 is 9.59 Å². The van der Waals surface area contributed by atoms with Crippen LogP contribution in [0.25, 0.3) is 5.69 Å². The highest BCUT2D eigenvalue weighted by molar-refractivity contribution is 8.00. The number of rotatable bonds is 7. The smallest absolute Gasteiger partial charge is 0.234 e. The molecule has 2 aromatic carbocycles. The molecule has 0 bridgehead atoms. The van der Waals surface area contributed by atoms with Gasteiger partial charge in [0.15, 0.2) is 0 Å². The van der Waals surface area contributed by atoms with Crippen molar-refractivity contribution >= 4 is 46.6 Å². The quantitative estimate of drug-likeness (QED) is 0.616. The molecule has 0 radical (unpaired) electrons. The molecular weight excluding hydrogens is 398 g/mol. The summed E-state index contributed by atoms with van der Waals surface area (Å²) in [7, 11) is 0. The standard InChI is InChI=1S/C19H18ClN5O2S/c1-13-2-5-15(6-3-13)23-18(26)9-28-10-19(27)24-16-8-14(20)4-7-17(16)25-12-21-11-22-25/h2-8,11-12H,9-10H2,1H3,(H,23,26)(H,24,27). The van der Waals surface area contributed by atoms with E-state index in [4.69, 9.17) is 11.6 Å². The Morgan fingerprint density at radius 3 is 2.46 bits per heavy atom. The number of thioether (sulfide) groups is 1. The highest BCUT2D eigenvalue weighted by atomic mass is 35.5. The number of hydrogen-bond donors (Lipinski definition) is 2. The normalized spacial score (nSPS) is 10.5. The van der Waals surface area contributed by atoms with E-state index >= 15 is 0 Å². The van der Waals surface area contributed by atoms with Gasteiger partial charge in [-0.15, -0.1) is 11.8 Å². The summed E-state index contributed by atoms with van der Waals surface area (Å²) < 4.78 is 1.54. The van der Waals surface area contributed by atoms with Gasteiger partial charge in [0.2, 0.25) is 11.8 Å². The van der Waals surface area contributed by atoms with E-state index in [-0.39, 0.29) is 23.3 Å². The number of benzene rings is 2. The number of anilines is 2. The maximum Gasteiger partial charge on any atom is 0.234 e. The van der Waals surface area contributed by atoms with Crippen LogP contribution in [0.1, 0.15) is 5.56 Å². The monoisotopic (exact) mass is 415 g/mol. The van der Waals surface area contributed by atoms with E-state index in [1.807, 2.05) is 31.2 Å². The Kier molecular flexibility index (Phi) is 6.67. The van der Waals surface area contributed by atoms with Crippen LogP contribution in [0.15, 0.2) is 55.1 Å². The summed E-state index contributed by atoms with van der Waals surface area (Å²) in [5, 5.41) is 10.2. The number of aromatic nitrogens is 3. The van der Waals surface area contributed by atoms with Gasteiger partial charge >= 0.3 is 0 Å². The van der Waals surface area contributed by atoms with Gasteiger partial charge in [0.05, 0.1) is 22.9 Å². The number of carbonyl (C=O) groups excluding carboxylic acids is 2. The van der Waals surface area contributed by atoms with E-state index in [0.29, 0.717) is 16.4 Å². The van der Waals surface area contributed by atoms with Gasteiger partial charge < -0.3 is 10.6 Å². The van der Waals surface area contributed by atoms with Crippen molar-refractivity contribution in [2.24, 2.45) is 0 Å². The molecular formula is C19H18ClN5O2S. The van der Waals surface area contributed by atoms with Gasteiger partial charge in [0.25, 0.3) is 0 Å². The van der Waals surface area contributed by atoms with E-state index in [1.54, 1.807) is 18.2 Å². The first kappa shape index (κ1) is 19.9. The Morgan fingerprint density at radius 2 is 1.79 bits per heavy atom. The summed E-state index contributed by atoms with van der Waals surface area (Å²) in [5.41, 5.74) is 3.03.